The maximum atomic E-state index is 12.6. The van der Waals surface area contributed by atoms with Gasteiger partial charge in [-0.1, -0.05) is 0 Å². The number of nitrogens with zero attached hydrogens (tertiary/aromatic N) is 2. The Morgan fingerprint density at radius 1 is 1.29 bits per heavy atom. The Labute approximate surface area is 114 Å². The van der Waals surface area contributed by atoms with Gasteiger partial charge in [-0.05, 0) is 18.2 Å². The van der Waals surface area contributed by atoms with E-state index in [-0.39, 0.29) is 5.69 Å². The molecular formula is C11H7F3N4O3. The first-order valence-electron chi connectivity index (χ1n) is 5.40. The molecule has 110 valence electrons. The van der Waals surface area contributed by atoms with Gasteiger partial charge in [0.2, 0.25) is 0 Å². The highest BCUT2D eigenvalue weighted by atomic mass is 19.4. The zero-order valence-corrected chi connectivity index (χ0v) is 10.1. The molecule has 0 atom stereocenters. The summed E-state index contributed by atoms with van der Waals surface area (Å²) in [7, 11) is 0. The Bertz CT molecular complexity index is 683. The van der Waals surface area contributed by atoms with Crippen molar-refractivity contribution in [2.45, 2.75) is 6.18 Å². The van der Waals surface area contributed by atoms with Crippen LogP contribution in [0, 0.1) is 0 Å². The lowest BCUT2D eigenvalue weighted by atomic mass is 10.1. The number of rotatable bonds is 3. The highest BCUT2D eigenvalue weighted by Gasteiger charge is 2.31. The maximum absolute atomic E-state index is 12.6. The maximum Gasteiger partial charge on any atom is 0.416 e. The van der Waals surface area contributed by atoms with Crippen molar-refractivity contribution in [1.82, 2.24) is 15.4 Å². The molecule has 0 aliphatic heterocycles. The molecule has 0 fully saturated rings. The number of carbonyl (C=O) groups is 2. The second kappa shape index (κ2) is 5.23. The smallest absolute Gasteiger partial charge is 0.416 e. The fourth-order valence-corrected chi connectivity index (χ4v) is 1.51. The number of hydrogen-bond acceptors (Lipinski definition) is 4. The van der Waals surface area contributed by atoms with E-state index in [0.29, 0.717) is 12.1 Å². The summed E-state index contributed by atoms with van der Waals surface area (Å²) in [5.41, 5.74) is -2.23. The minimum absolute atomic E-state index is 0.191. The molecule has 1 amide bonds. The molecular weight excluding hydrogens is 293 g/mol. The number of carboxylic acid groups (broad SMARTS) is 1. The molecule has 0 saturated heterocycles. The summed E-state index contributed by atoms with van der Waals surface area (Å²) < 4.78 is 37.9. The first kappa shape index (κ1) is 14.5. The van der Waals surface area contributed by atoms with Gasteiger partial charge in [0.25, 0.3) is 5.91 Å². The van der Waals surface area contributed by atoms with Crippen molar-refractivity contribution in [1.29, 1.82) is 0 Å². The van der Waals surface area contributed by atoms with Crippen molar-refractivity contribution < 1.29 is 27.9 Å². The minimum Gasteiger partial charge on any atom is -0.478 e. The topological polar surface area (TPSA) is 108 Å². The van der Waals surface area contributed by atoms with E-state index in [1.165, 1.54) is 0 Å². The van der Waals surface area contributed by atoms with Gasteiger partial charge in [-0.25, -0.2) is 4.79 Å². The molecule has 0 spiro atoms. The van der Waals surface area contributed by atoms with E-state index < -0.39 is 34.9 Å². The minimum atomic E-state index is -4.66. The first-order valence-corrected chi connectivity index (χ1v) is 5.40. The van der Waals surface area contributed by atoms with Crippen molar-refractivity contribution in [3.63, 3.8) is 0 Å². The summed E-state index contributed by atoms with van der Waals surface area (Å²) in [6.07, 6.45) is -3.62. The number of anilines is 1. The molecule has 21 heavy (non-hydrogen) atoms. The van der Waals surface area contributed by atoms with Gasteiger partial charge in [-0.3, -0.25) is 4.79 Å². The van der Waals surface area contributed by atoms with E-state index in [4.69, 9.17) is 5.11 Å². The van der Waals surface area contributed by atoms with Gasteiger partial charge in [-0.2, -0.15) is 28.6 Å². The quantitative estimate of drug-likeness (QED) is 0.800. The predicted octanol–water partition coefficient (Wildman–Crippen LogP) is 1.77. The fourth-order valence-electron chi connectivity index (χ4n) is 1.51. The van der Waals surface area contributed by atoms with Crippen LogP contribution in [0.2, 0.25) is 0 Å². The van der Waals surface area contributed by atoms with Gasteiger partial charge in [0.15, 0.2) is 5.69 Å². The highest BCUT2D eigenvalue weighted by molar-refractivity contribution is 6.06. The van der Waals surface area contributed by atoms with Crippen LogP contribution in [0.1, 0.15) is 26.4 Å². The molecule has 0 radical (unpaired) electrons. The third-order valence-corrected chi connectivity index (χ3v) is 2.47. The number of aromatic amines is 1. The van der Waals surface area contributed by atoms with Gasteiger partial charge in [0.1, 0.15) is 0 Å². The van der Waals surface area contributed by atoms with Crippen molar-refractivity contribution in [2.24, 2.45) is 0 Å². The molecule has 10 heteroatoms. The van der Waals surface area contributed by atoms with Gasteiger partial charge in [0.05, 0.1) is 23.0 Å². The Morgan fingerprint density at radius 3 is 2.52 bits per heavy atom. The Morgan fingerprint density at radius 2 is 2.00 bits per heavy atom. The number of carbonyl (C=O) groups excluding carboxylic acids is 1. The Kier molecular flexibility index (Phi) is 3.61. The number of benzene rings is 1. The van der Waals surface area contributed by atoms with Gasteiger partial charge in [-0.15, -0.1) is 0 Å². The Balaban J connectivity index is 2.39. The number of aromatic carboxylic acids is 1. The van der Waals surface area contributed by atoms with Crippen molar-refractivity contribution in [3.8, 4) is 0 Å². The number of hydrogen-bond donors (Lipinski definition) is 3. The largest absolute Gasteiger partial charge is 0.478 e. The number of carboxylic acids is 1. The normalized spacial score (nSPS) is 11.2. The number of halogens is 3. The van der Waals surface area contributed by atoms with E-state index >= 15 is 0 Å². The Hall–Kier alpha value is -2.91. The standard InChI is InChI=1S/C11H7F3N4O3/c12-11(13,14)5-1-2-6(10(20)21)7(3-5)16-9(19)8-4-15-18-17-8/h1-4H,(H,16,19)(H,20,21)(H,15,17,18). The van der Waals surface area contributed by atoms with Crippen LogP contribution < -0.4 is 5.32 Å². The van der Waals surface area contributed by atoms with Crippen molar-refractivity contribution >= 4 is 17.6 Å². The van der Waals surface area contributed by atoms with Crippen LogP contribution in [-0.2, 0) is 6.18 Å². The molecule has 2 rings (SSSR count). The zero-order valence-electron chi connectivity index (χ0n) is 10.1. The van der Waals surface area contributed by atoms with Gasteiger partial charge in [0, 0.05) is 0 Å². The lowest BCUT2D eigenvalue weighted by Gasteiger charge is -2.11. The number of nitrogens with one attached hydrogen (secondary N) is 2. The lowest BCUT2D eigenvalue weighted by Crippen LogP contribution is -2.16. The summed E-state index contributed by atoms with van der Waals surface area (Å²) in [5.74, 6) is -2.36. The molecule has 0 unspecified atom stereocenters. The summed E-state index contributed by atoms with van der Waals surface area (Å²) in [4.78, 5) is 22.7. The third-order valence-electron chi connectivity index (χ3n) is 2.47. The van der Waals surface area contributed by atoms with E-state index in [9.17, 15) is 22.8 Å². The van der Waals surface area contributed by atoms with Gasteiger partial charge < -0.3 is 10.4 Å². The molecule has 1 aromatic carbocycles. The second-order valence-corrected chi connectivity index (χ2v) is 3.87. The highest BCUT2D eigenvalue weighted by Crippen LogP contribution is 2.32. The van der Waals surface area contributed by atoms with Crippen LogP contribution in [-0.4, -0.2) is 32.4 Å². The number of aromatic nitrogens is 3. The van der Waals surface area contributed by atoms with Crippen molar-refractivity contribution in [2.75, 3.05) is 5.32 Å². The average Bonchev–Trinajstić information content (AvgIpc) is 2.91. The van der Waals surface area contributed by atoms with Crippen molar-refractivity contribution in [3.05, 3.63) is 41.2 Å². The van der Waals surface area contributed by atoms with Crippen LogP contribution in [0.15, 0.2) is 24.4 Å². The summed E-state index contributed by atoms with van der Waals surface area (Å²) in [6.45, 7) is 0. The summed E-state index contributed by atoms with van der Waals surface area (Å²) in [6, 6.07) is 1.93. The number of alkyl halides is 3. The zero-order chi connectivity index (χ0) is 15.6. The van der Waals surface area contributed by atoms with Crippen LogP contribution in [0.5, 0.6) is 0 Å². The molecule has 1 heterocycles. The molecule has 0 aliphatic carbocycles. The molecule has 1 aromatic heterocycles. The number of H-pyrrole nitrogens is 1. The fraction of sp³-hybridized carbons (Fsp3) is 0.0909. The first-order chi connectivity index (χ1) is 9.79. The van der Waals surface area contributed by atoms with Crippen LogP contribution in [0.3, 0.4) is 0 Å². The summed E-state index contributed by atoms with van der Waals surface area (Å²) >= 11 is 0. The summed E-state index contributed by atoms with van der Waals surface area (Å²) in [5, 5.41) is 20.0. The number of amides is 1. The molecule has 0 saturated carbocycles. The van der Waals surface area contributed by atoms with Crippen LogP contribution >= 0.6 is 0 Å². The SMILES string of the molecule is O=C(Nc1cc(C(F)(F)F)ccc1C(=O)O)c1cn[nH]n1. The van der Waals surface area contributed by atoms with E-state index in [1.54, 1.807) is 0 Å². The molecule has 0 aliphatic rings. The molecule has 2 aromatic rings. The van der Waals surface area contributed by atoms with E-state index in [0.717, 1.165) is 12.3 Å². The molecule has 0 bridgehead atoms. The van der Waals surface area contributed by atoms with Gasteiger partial charge >= 0.3 is 12.1 Å². The van der Waals surface area contributed by atoms with E-state index in [1.807, 2.05) is 0 Å². The van der Waals surface area contributed by atoms with E-state index in [2.05, 4.69) is 20.7 Å². The second-order valence-electron chi connectivity index (χ2n) is 3.87. The monoisotopic (exact) mass is 300 g/mol. The van der Waals surface area contributed by atoms with Crippen LogP contribution in [0.25, 0.3) is 0 Å². The lowest BCUT2D eigenvalue weighted by molar-refractivity contribution is -0.137. The third kappa shape index (κ3) is 3.16. The predicted molar refractivity (Wildman–Crippen MR) is 62.7 cm³/mol. The molecule has 3 N–H and O–H groups in total. The molecule has 7 nitrogen and oxygen atoms in total. The average molecular weight is 300 g/mol. The van der Waals surface area contributed by atoms with Crippen LogP contribution in [0.4, 0.5) is 18.9 Å².